The smallest absolute Gasteiger partial charge is 0.252 e. The quantitative estimate of drug-likeness (QED) is 0.117. The lowest BCUT2D eigenvalue weighted by Crippen LogP contribution is -2.37. The maximum atomic E-state index is 13.0. The van der Waals surface area contributed by atoms with Crippen molar-refractivity contribution in [2.75, 3.05) is 52.4 Å². The number of likely N-dealkylation sites (N-methyl/N-ethyl adjacent to an activating group) is 2. The molecule has 0 bridgehead atoms. The van der Waals surface area contributed by atoms with E-state index >= 15 is 0 Å². The summed E-state index contributed by atoms with van der Waals surface area (Å²) in [6, 6.07) is 7.15. The molecule has 1 aromatic carbocycles. The highest BCUT2D eigenvalue weighted by atomic mass is 16.2. The molecule has 0 aromatic heterocycles. The average Bonchev–Trinajstić information content (AvgIpc) is 2.98. The molecule has 1 aromatic rings. The van der Waals surface area contributed by atoms with E-state index < -0.39 is 0 Å². The molecule has 0 saturated carbocycles. The highest BCUT2D eigenvalue weighted by molar-refractivity contribution is 6.07. The highest BCUT2D eigenvalue weighted by Crippen LogP contribution is 2.10. The molecule has 0 saturated heterocycles. The lowest BCUT2D eigenvalue weighted by Gasteiger charge is -2.21. The summed E-state index contributed by atoms with van der Waals surface area (Å²) in [5.41, 5.74) is 0.899. The first-order valence-electron chi connectivity index (χ1n) is 16.7. The van der Waals surface area contributed by atoms with Crippen molar-refractivity contribution in [3.05, 3.63) is 35.4 Å². The van der Waals surface area contributed by atoms with Gasteiger partial charge in [-0.3, -0.25) is 9.59 Å². The van der Waals surface area contributed by atoms with E-state index in [0.717, 1.165) is 39.3 Å². The van der Waals surface area contributed by atoms with Crippen molar-refractivity contribution in [1.82, 2.24) is 20.4 Å². The predicted molar refractivity (Wildman–Crippen MR) is 171 cm³/mol. The minimum absolute atomic E-state index is 0.174. The van der Waals surface area contributed by atoms with Crippen LogP contribution in [-0.2, 0) is 0 Å². The van der Waals surface area contributed by atoms with Gasteiger partial charge in [0, 0.05) is 26.2 Å². The third kappa shape index (κ3) is 17.0. The molecular formula is C34H62N4O2. The van der Waals surface area contributed by atoms with Crippen LogP contribution in [-0.4, -0.2) is 74.0 Å². The van der Waals surface area contributed by atoms with Crippen LogP contribution in [0, 0.1) is 0 Å². The van der Waals surface area contributed by atoms with E-state index in [4.69, 9.17) is 0 Å². The van der Waals surface area contributed by atoms with E-state index in [1.54, 1.807) is 12.1 Å². The van der Waals surface area contributed by atoms with E-state index in [1.807, 2.05) is 12.1 Å². The molecular weight excluding hydrogens is 496 g/mol. The van der Waals surface area contributed by atoms with Gasteiger partial charge in [-0.1, -0.05) is 117 Å². The number of benzene rings is 1. The number of hydrogen-bond donors (Lipinski definition) is 2. The third-order valence-electron chi connectivity index (χ3n) is 7.89. The number of nitrogens with zero attached hydrogens (tertiary/aromatic N) is 2. The molecule has 0 heterocycles. The second-order valence-corrected chi connectivity index (χ2v) is 11.2. The van der Waals surface area contributed by atoms with Crippen molar-refractivity contribution in [3.8, 4) is 0 Å². The third-order valence-corrected chi connectivity index (χ3v) is 7.89. The molecule has 0 spiro atoms. The maximum absolute atomic E-state index is 13.0. The number of carbonyl (C=O) groups excluding carboxylic acids is 2. The number of rotatable bonds is 26. The van der Waals surface area contributed by atoms with Crippen molar-refractivity contribution < 1.29 is 9.59 Å². The fourth-order valence-electron chi connectivity index (χ4n) is 5.17. The van der Waals surface area contributed by atoms with E-state index in [1.165, 1.54) is 89.9 Å². The Morgan fingerprint density at radius 3 is 1.23 bits per heavy atom. The summed E-state index contributed by atoms with van der Waals surface area (Å²) in [5, 5.41) is 6.09. The molecule has 0 aliphatic carbocycles. The molecule has 0 aliphatic heterocycles. The Hall–Kier alpha value is -1.92. The van der Waals surface area contributed by atoms with E-state index in [2.05, 4.69) is 48.1 Å². The molecule has 2 N–H and O–H groups in total. The van der Waals surface area contributed by atoms with Crippen LogP contribution >= 0.6 is 0 Å². The summed E-state index contributed by atoms with van der Waals surface area (Å²) in [6.07, 6.45) is 18.3. The van der Waals surface area contributed by atoms with Crippen LogP contribution in [0.2, 0.25) is 0 Å². The summed E-state index contributed by atoms with van der Waals surface area (Å²) in [7, 11) is 0. The number of nitrogens with one attached hydrogen (secondary N) is 2. The molecule has 0 atom stereocenters. The fraction of sp³-hybridized carbons (Fsp3) is 0.765. The average molecular weight is 559 g/mol. The minimum Gasteiger partial charge on any atom is -0.351 e. The zero-order valence-electron chi connectivity index (χ0n) is 26.6. The number of hydrogen-bond acceptors (Lipinski definition) is 4. The zero-order valence-corrected chi connectivity index (χ0v) is 26.6. The van der Waals surface area contributed by atoms with Crippen molar-refractivity contribution >= 4 is 11.8 Å². The summed E-state index contributed by atoms with van der Waals surface area (Å²) in [4.78, 5) is 30.7. The summed E-state index contributed by atoms with van der Waals surface area (Å²) >= 11 is 0. The van der Waals surface area contributed by atoms with Gasteiger partial charge in [-0.15, -0.1) is 0 Å². The molecule has 6 heteroatoms. The summed E-state index contributed by atoms with van der Waals surface area (Å²) in [6.45, 7) is 15.8. The molecule has 6 nitrogen and oxygen atoms in total. The molecule has 0 radical (unpaired) electrons. The van der Waals surface area contributed by atoms with Crippen molar-refractivity contribution in [2.24, 2.45) is 0 Å². The lowest BCUT2D eigenvalue weighted by atomic mass is 10.1. The first-order chi connectivity index (χ1) is 19.6. The van der Waals surface area contributed by atoms with Crippen LogP contribution in [0.25, 0.3) is 0 Å². The Balaban J connectivity index is 2.38. The molecule has 1 rings (SSSR count). The van der Waals surface area contributed by atoms with Gasteiger partial charge in [0.15, 0.2) is 0 Å². The minimum atomic E-state index is -0.174. The molecule has 230 valence electrons. The zero-order chi connectivity index (χ0) is 29.3. The van der Waals surface area contributed by atoms with Crippen molar-refractivity contribution in [2.45, 2.75) is 118 Å². The van der Waals surface area contributed by atoms with E-state index in [9.17, 15) is 9.59 Å². The van der Waals surface area contributed by atoms with Crippen molar-refractivity contribution in [1.29, 1.82) is 0 Å². The first kappa shape index (κ1) is 36.1. The highest BCUT2D eigenvalue weighted by Gasteiger charge is 2.16. The lowest BCUT2D eigenvalue weighted by molar-refractivity contribution is 0.0914. The normalized spacial score (nSPS) is 11.3. The van der Waals surface area contributed by atoms with Gasteiger partial charge in [0.2, 0.25) is 0 Å². The van der Waals surface area contributed by atoms with E-state index in [0.29, 0.717) is 24.2 Å². The number of amides is 2. The fourth-order valence-corrected chi connectivity index (χ4v) is 5.17. The van der Waals surface area contributed by atoms with Crippen LogP contribution < -0.4 is 10.6 Å². The Morgan fingerprint density at radius 2 is 0.875 bits per heavy atom. The second kappa shape index (κ2) is 24.8. The van der Waals surface area contributed by atoms with Crippen molar-refractivity contribution in [3.63, 3.8) is 0 Å². The first-order valence-corrected chi connectivity index (χ1v) is 16.7. The summed E-state index contributed by atoms with van der Waals surface area (Å²) in [5.74, 6) is -0.348. The molecule has 2 amide bonds. The Labute approximate surface area is 247 Å². The number of carbonyl (C=O) groups is 2. The van der Waals surface area contributed by atoms with Gasteiger partial charge >= 0.3 is 0 Å². The Morgan fingerprint density at radius 1 is 0.525 bits per heavy atom. The topological polar surface area (TPSA) is 64.7 Å². The van der Waals surface area contributed by atoms with E-state index in [-0.39, 0.29) is 11.8 Å². The van der Waals surface area contributed by atoms with Gasteiger partial charge in [-0.2, -0.15) is 0 Å². The molecule has 0 fully saturated rings. The molecule has 0 unspecified atom stereocenters. The van der Waals surface area contributed by atoms with Gasteiger partial charge in [-0.25, -0.2) is 0 Å². The van der Waals surface area contributed by atoms with Gasteiger partial charge < -0.3 is 20.4 Å². The largest absolute Gasteiger partial charge is 0.351 e. The maximum Gasteiger partial charge on any atom is 0.252 e. The molecule has 0 aliphatic rings. The SMILES string of the molecule is CCCCCCCCCN(CC)CCNC(=O)c1ccccc1C(=O)NCCN(CC)CCCCCCCCC. The Bertz CT molecular complexity index is 707. The van der Waals surface area contributed by atoms with Crippen LogP contribution in [0.15, 0.2) is 24.3 Å². The standard InChI is InChI=1S/C34H62N4O2/c1-5-9-11-13-15-17-21-27-37(7-3)29-25-35-33(39)31-23-19-20-24-32(31)34(40)36-26-30-38(8-4)28-22-18-16-14-12-10-6-2/h19-20,23-24H,5-18,21-22,25-30H2,1-4H3,(H,35,39)(H,36,40). The summed E-state index contributed by atoms with van der Waals surface area (Å²) < 4.78 is 0. The Kier molecular flexibility index (Phi) is 22.4. The molecule has 40 heavy (non-hydrogen) atoms. The van der Waals surface area contributed by atoms with Crippen LogP contribution in [0.4, 0.5) is 0 Å². The number of unbranched alkanes of at least 4 members (excludes halogenated alkanes) is 12. The van der Waals surface area contributed by atoms with Gasteiger partial charge in [0.25, 0.3) is 11.8 Å². The van der Waals surface area contributed by atoms with Crippen LogP contribution in [0.3, 0.4) is 0 Å². The van der Waals surface area contributed by atoms with Crippen LogP contribution in [0.1, 0.15) is 138 Å². The van der Waals surface area contributed by atoms with Gasteiger partial charge in [-0.05, 0) is 51.2 Å². The van der Waals surface area contributed by atoms with Gasteiger partial charge in [0.1, 0.15) is 0 Å². The second-order valence-electron chi connectivity index (χ2n) is 11.2. The van der Waals surface area contributed by atoms with Crippen LogP contribution in [0.5, 0.6) is 0 Å². The monoisotopic (exact) mass is 558 g/mol. The predicted octanol–water partition coefficient (Wildman–Crippen LogP) is 7.29. The van der Waals surface area contributed by atoms with Gasteiger partial charge in [0.05, 0.1) is 11.1 Å².